The van der Waals surface area contributed by atoms with Gasteiger partial charge in [0.2, 0.25) is 0 Å². The van der Waals surface area contributed by atoms with Gasteiger partial charge in [0.1, 0.15) is 0 Å². The van der Waals surface area contributed by atoms with Crippen LogP contribution in [0.3, 0.4) is 0 Å². The van der Waals surface area contributed by atoms with Gasteiger partial charge in [-0.15, -0.1) is 0 Å². The molecule has 0 aromatic heterocycles. The first kappa shape index (κ1) is 26.4. The van der Waals surface area contributed by atoms with E-state index in [1.807, 2.05) is 0 Å². The first-order valence-electron chi connectivity index (χ1n) is 10.6. The van der Waals surface area contributed by atoms with Crippen molar-refractivity contribution in [2.24, 2.45) is 0 Å². The zero-order valence-electron chi connectivity index (χ0n) is 16.8. The van der Waals surface area contributed by atoms with Gasteiger partial charge in [0, 0.05) is 7.26 Å². The van der Waals surface area contributed by atoms with Gasteiger partial charge in [-0.25, -0.2) is 0 Å². The van der Waals surface area contributed by atoms with Gasteiger partial charge in [0.25, 0.3) is 0 Å². The van der Waals surface area contributed by atoms with Gasteiger partial charge in [-0.3, -0.25) is 0 Å². The summed E-state index contributed by atoms with van der Waals surface area (Å²) in [6.45, 7) is 9.44. The van der Waals surface area contributed by atoms with Crippen molar-refractivity contribution in [1.29, 1.82) is 0 Å². The summed E-state index contributed by atoms with van der Waals surface area (Å²) in [5, 5.41) is 0. The number of unbranched alkanes of at least 4 members (excludes halogenated alkanes) is 9. The number of rotatable bonds is 17. The highest BCUT2D eigenvalue weighted by Gasteiger charge is 2.34. The van der Waals surface area contributed by atoms with Crippen LogP contribution in [0.5, 0.6) is 0 Å². The lowest BCUT2D eigenvalue weighted by molar-refractivity contribution is -0.00000514. The molecular formula is C21H46IP. The van der Waals surface area contributed by atoms with E-state index in [9.17, 15) is 0 Å². The molecule has 0 heterocycles. The second kappa shape index (κ2) is 19.5. The molecule has 2 heteroatoms. The predicted molar refractivity (Wildman–Crippen MR) is 109 cm³/mol. The third-order valence-electron chi connectivity index (χ3n) is 5.16. The highest BCUT2D eigenvalue weighted by atomic mass is 127. The third-order valence-corrected chi connectivity index (χ3v) is 10.3. The van der Waals surface area contributed by atoms with E-state index in [-0.39, 0.29) is 24.0 Å². The number of hydrogen-bond donors (Lipinski definition) is 0. The first-order chi connectivity index (χ1) is 10.7. The van der Waals surface area contributed by atoms with Crippen molar-refractivity contribution in [2.75, 3.05) is 24.6 Å². The van der Waals surface area contributed by atoms with Crippen molar-refractivity contribution in [2.45, 2.75) is 111 Å². The van der Waals surface area contributed by atoms with Crippen LogP contribution in [0.4, 0.5) is 0 Å². The highest BCUT2D eigenvalue weighted by Crippen LogP contribution is 2.61. The lowest BCUT2D eigenvalue weighted by Gasteiger charge is -2.28. The molecule has 0 saturated heterocycles. The lowest BCUT2D eigenvalue weighted by Crippen LogP contribution is -3.00. The van der Waals surface area contributed by atoms with Crippen LogP contribution in [0.25, 0.3) is 0 Å². The molecule has 0 aromatic rings. The largest absolute Gasteiger partial charge is 1.00 e. The van der Waals surface area contributed by atoms with Gasteiger partial charge in [-0.1, -0.05) is 66.2 Å². The van der Waals surface area contributed by atoms with Crippen LogP contribution < -0.4 is 24.0 Å². The highest BCUT2D eigenvalue weighted by molar-refractivity contribution is 7.75. The van der Waals surface area contributed by atoms with E-state index >= 15 is 0 Å². The molecule has 0 nitrogen and oxygen atoms in total. The topological polar surface area (TPSA) is 0 Å². The minimum Gasteiger partial charge on any atom is -1.00 e. The van der Waals surface area contributed by atoms with Gasteiger partial charge in [0.15, 0.2) is 0 Å². The molecule has 0 spiro atoms. The molecule has 0 fully saturated rings. The van der Waals surface area contributed by atoms with E-state index in [1.54, 1.807) is 24.6 Å². The van der Waals surface area contributed by atoms with Gasteiger partial charge in [0.05, 0.1) is 24.6 Å². The van der Waals surface area contributed by atoms with Crippen molar-refractivity contribution in [1.82, 2.24) is 0 Å². The van der Waals surface area contributed by atoms with E-state index in [1.165, 1.54) is 83.5 Å². The number of halogens is 1. The second-order valence-corrected chi connectivity index (χ2v) is 11.9. The quantitative estimate of drug-likeness (QED) is 0.161. The van der Waals surface area contributed by atoms with Crippen LogP contribution >= 0.6 is 7.26 Å². The standard InChI is InChI=1S/C21H46P.HI/c1-5-9-12-15-19-22(18-8-4,20-16-13-10-6-2)21-17-14-11-7-3;/h5-21H2,1-4H3;1H/q+1;/p-1. The molecule has 0 saturated carbocycles. The molecule has 0 aliphatic heterocycles. The van der Waals surface area contributed by atoms with Crippen molar-refractivity contribution in [3.8, 4) is 0 Å². The van der Waals surface area contributed by atoms with Crippen molar-refractivity contribution < 1.29 is 24.0 Å². The first-order valence-corrected chi connectivity index (χ1v) is 13.1. The molecule has 0 atom stereocenters. The Hall–Kier alpha value is 1.16. The molecule has 0 bridgehead atoms. The Bertz CT molecular complexity index is 187. The molecular weight excluding hydrogens is 410 g/mol. The SMILES string of the molecule is CCCCCC[P+](CCC)(CCCCCC)CCCCCC.[I-]. The molecule has 0 unspecified atom stereocenters. The van der Waals surface area contributed by atoms with Gasteiger partial charge >= 0.3 is 0 Å². The lowest BCUT2D eigenvalue weighted by atomic mass is 10.2. The summed E-state index contributed by atoms with van der Waals surface area (Å²) in [5.41, 5.74) is 0. The van der Waals surface area contributed by atoms with E-state index in [2.05, 4.69) is 27.7 Å². The van der Waals surface area contributed by atoms with Crippen molar-refractivity contribution in [3.63, 3.8) is 0 Å². The minimum atomic E-state index is -0.617. The Morgan fingerprint density at radius 2 is 0.739 bits per heavy atom. The summed E-state index contributed by atoms with van der Waals surface area (Å²) in [6.07, 6.45) is 25.5. The fraction of sp³-hybridized carbons (Fsp3) is 1.00. The summed E-state index contributed by atoms with van der Waals surface area (Å²) < 4.78 is 0. The van der Waals surface area contributed by atoms with Crippen LogP contribution in [-0.2, 0) is 0 Å². The van der Waals surface area contributed by atoms with E-state index in [0.717, 1.165) is 0 Å². The van der Waals surface area contributed by atoms with Crippen LogP contribution in [0, 0.1) is 0 Å². The third kappa shape index (κ3) is 15.2. The molecule has 0 aromatic carbocycles. The summed E-state index contributed by atoms with van der Waals surface area (Å²) in [6, 6.07) is 0. The Labute approximate surface area is 166 Å². The molecule has 0 radical (unpaired) electrons. The Kier molecular flexibility index (Phi) is 22.4. The van der Waals surface area contributed by atoms with Crippen LogP contribution in [0.1, 0.15) is 111 Å². The Morgan fingerprint density at radius 3 is 1.00 bits per heavy atom. The molecule has 23 heavy (non-hydrogen) atoms. The molecule has 0 rings (SSSR count). The van der Waals surface area contributed by atoms with Crippen LogP contribution in [0.15, 0.2) is 0 Å². The van der Waals surface area contributed by atoms with Crippen molar-refractivity contribution in [3.05, 3.63) is 0 Å². The maximum Gasteiger partial charge on any atom is 0.0594 e. The smallest absolute Gasteiger partial charge is 0.0594 e. The van der Waals surface area contributed by atoms with Gasteiger partial charge in [-0.05, 0) is 44.9 Å². The summed E-state index contributed by atoms with van der Waals surface area (Å²) >= 11 is 0. The second-order valence-electron chi connectivity index (χ2n) is 7.42. The fourth-order valence-corrected chi connectivity index (χ4v) is 8.74. The Balaban J connectivity index is 0. The molecule has 142 valence electrons. The van der Waals surface area contributed by atoms with Crippen LogP contribution in [0.2, 0.25) is 0 Å². The average Bonchev–Trinajstić information content (AvgIpc) is 2.53. The minimum absolute atomic E-state index is 0. The zero-order valence-corrected chi connectivity index (χ0v) is 19.9. The van der Waals surface area contributed by atoms with E-state index in [0.29, 0.717) is 0 Å². The molecule has 0 aliphatic rings. The molecule has 0 amide bonds. The summed E-state index contributed by atoms with van der Waals surface area (Å²) in [4.78, 5) is 0. The zero-order chi connectivity index (χ0) is 16.5. The van der Waals surface area contributed by atoms with Crippen LogP contribution in [-0.4, -0.2) is 24.6 Å². The Morgan fingerprint density at radius 1 is 0.391 bits per heavy atom. The maximum absolute atomic E-state index is 2.43. The predicted octanol–water partition coefficient (Wildman–Crippen LogP) is 5.16. The monoisotopic (exact) mass is 456 g/mol. The van der Waals surface area contributed by atoms with Crippen molar-refractivity contribution >= 4 is 7.26 Å². The average molecular weight is 456 g/mol. The summed E-state index contributed by atoms with van der Waals surface area (Å²) in [7, 11) is -0.617. The number of hydrogen-bond acceptors (Lipinski definition) is 0. The van der Waals surface area contributed by atoms with E-state index < -0.39 is 7.26 Å². The normalized spacial score (nSPS) is 11.5. The van der Waals surface area contributed by atoms with Gasteiger partial charge in [-0.2, -0.15) is 0 Å². The molecule has 0 N–H and O–H groups in total. The fourth-order valence-electron chi connectivity index (χ4n) is 3.77. The summed E-state index contributed by atoms with van der Waals surface area (Å²) in [5.74, 6) is 0. The maximum atomic E-state index is 2.43. The molecule has 0 aliphatic carbocycles. The van der Waals surface area contributed by atoms with Gasteiger partial charge < -0.3 is 24.0 Å². The van der Waals surface area contributed by atoms with E-state index in [4.69, 9.17) is 0 Å².